The van der Waals surface area contributed by atoms with E-state index >= 15 is 0 Å². The lowest BCUT2D eigenvalue weighted by Crippen LogP contribution is -2.45. The number of amides is 1. The predicted octanol–water partition coefficient (Wildman–Crippen LogP) is 3.88. The Kier molecular flexibility index (Phi) is 5.73. The largest absolute Gasteiger partial charge is 0.484 e. The molecule has 0 bridgehead atoms. The van der Waals surface area contributed by atoms with Crippen LogP contribution >= 0.6 is 27.5 Å². The summed E-state index contributed by atoms with van der Waals surface area (Å²) in [5.41, 5.74) is 0. The Labute approximate surface area is 133 Å². The molecular weight excluding hydrogens is 342 g/mol. The molecule has 110 valence electrons. The quantitative estimate of drug-likeness (QED) is 0.763. The number of carbonyl (C=O) groups is 1. The summed E-state index contributed by atoms with van der Waals surface area (Å²) in [5.74, 6) is 0.625. The summed E-state index contributed by atoms with van der Waals surface area (Å²) >= 11 is 9.56. The van der Waals surface area contributed by atoms with Crippen LogP contribution in [0.15, 0.2) is 24.3 Å². The Morgan fingerprint density at radius 3 is 2.90 bits per heavy atom. The summed E-state index contributed by atoms with van der Waals surface area (Å²) in [4.78, 5) is 14.4. The monoisotopic (exact) mass is 359 g/mol. The minimum atomic E-state index is 0.00123. The molecule has 3 nitrogen and oxygen atoms in total. The van der Waals surface area contributed by atoms with Crippen molar-refractivity contribution in [2.45, 2.75) is 36.6 Å². The van der Waals surface area contributed by atoms with Crippen molar-refractivity contribution in [3.63, 3.8) is 0 Å². The van der Waals surface area contributed by atoms with Crippen LogP contribution in [0.1, 0.15) is 25.7 Å². The minimum absolute atomic E-state index is 0.00123. The van der Waals surface area contributed by atoms with Gasteiger partial charge >= 0.3 is 0 Å². The number of hydrogen-bond acceptors (Lipinski definition) is 2. The van der Waals surface area contributed by atoms with Crippen molar-refractivity contribution in [3.8, 4) is 5.75 Å². The summed E-state index contributed by atoms with van der Waals surface area (Å²) < 4.78 is 5.50. The number of benzene rings is 1. The van der Waals surface area contributed by atoms with Crippen molar-refractivity contribution in [2.24, 2.45) is 0 Å². The summed E-state index contributed by atoms with van der Waals surface area (Å²) in [7, 11) is 1.86. The topological polar surface area (TPSA) is 29.5 Å². The smallest absolute Gasteiger partial charge is 0.260 e. The molecule has 2 rings (SSSR count). The lowest BCUT2D eigenvalue weighted by atomic mass is 9.94. The maximum absolute atomic E-state index is 12.2. The molecular formula is C15H19BrClNO2. The number of ether oxygens (including phenoxy) is 1. The van der Waals surface area contributed by atoms with E-state index in [1.54, 1.807) is 18.2 Å². The van der Waals surface area contributed by atoms with Gasteiger partial charge in [-0.05, 0) is 31.0 Å². The Bertz CT molecular complexity index is 469. The molecule has 20 heavy (non-hydrogen) atoms. The summed E-state index contributed by atoms with van der Waals surface area (Å²) in [6, 6.07) is 7.36. The van der Waals surface area contributed by atoms with Gasteiger partial charge in [0.05, 0.1) is 0 Å². The molecule has 1 aromatic rings. The molecule has 0 spiro atoms. The maximum Gasteiger partial charge on any atom is 0.260 e. The highest BCUT2D eigenvalue weighted by atomic mass is 79.9. The summed E-state index contributed by atoms with van der Waals surface area (Å²) in [6.07, 6.45) is 4.58. The number of halogens is 2. The fourth-order valence-corrected chi connectivity index (χ4v) is 3.61. The van der Waals surface area contributed by atoms with Gasteiger partial charge in [-0.3, -0.25) is 4.79 Å². The van der Waals surface area contributed by atoms with Crippen molar-refractivity contribution in [2.75, 3.05) is 13.7 Å². The SMILES string of the molecule is CN(C(=O)COc1cccc(Cl)c1)C1CCCCC1Br. The van der Waals surface area contributed by atoms with Gasteiger partial charge in [-0.2, -0.15) is 0 Å². The second-order valence-corrected chi connectivity index (χ2v) is 6.73. The van der Waals surface area contributed by atoms with E-state index in [-0.39, 0.29) is 18.6 Å². The summed E-state index contributed by atoms with van der Waals surface area (Å²) in [5, 5.41) is 0.608. The van der Waals surface area contributed by atoms with Crippen LogP contribution in [-0.4, -0.2) is 35.3 Å². The minimum Gasteiger partial charge on any atom is -0.484 e. The van der Waals surface area contributed by atoms with Gasteiger partial charge < -0.3 is 9.64 Å². The predicted molar refractivity (Wildman–Crippen MR) is 84.7 cm³/mol. The summed E-state index contributed by atoms with van der Waals surface area (Å²) in [6.45, 7) is 0.0487. The van der Waals surface area contributed by atoms with E-state index in [4.69, 9.17) is 16.3 Å². The molecule has 5 heteroatoms. The van der Waals surface area contributed by atoms with Crippen LogP contribution in [0.4, 0.5) is 0 Å². The van der Waals surface area contributed by atoms with Gasteiger partial charge in [-0.1, -0.05) is 46.4 Å². The van der Waals surface area contributed by atoms with Crippen LogP contribution < -0.4 is 4.74 Å². The highest BCUT2D eigenvalue weighted by Gasteiger charge is 2.29. The Morgan fingerprint density at radius 1 is 1.45 bits per heavy atom. The van der Waals surface area contributed by atoms with Gasteiger partial charge in [0.1, 0.15) is 5.75 Å². The molecule has 1 fully saturated rings. The van der Waals surface area contributed by atoms with E-state index in [1.807, 2.05) is 18.0 Å². The highest BCUT2D eigenvalue weighted by molar-refractivity contribution is 9.09. The molecule has 0 N–H and O–H groups in total. The Hall–Kier alpha value is -0.740. The second kappa shape index (κ2) is 7.32. The van der Waals surface area contributed by atoms with E-state index < -0.39 is 0 Å². The van der Waals surface area contributed by atoms with Crippen LogP contribution in [-0.2, 0) is 4.79 Å². The third kappa shape index (κ3) is 4.13. The Morgan fingerprint density at radius 2 is 2.20 bits per heavy atom. The zero-order valence-electron chi connectivity index (χ0n) is 11.5. The third-order valence-corrected chi connectivity index (χ3v) is 5.00. The molecule has 0 aliphatic heterocycles. The van der Waals surface area contributed by atoms with Crippen molar-refractivity contribution in [1.82, 2.24) is 4.90 Å². The van der Waals surface area contributed by atoms with E-state index in [0.29, 0.717) is 15.6 Å². The van der Waals surface area contributed by atoms with Gasteiger partial charge in [0.25, 0.3) is 5.91 Å². The average Bonchev–Trinajstić information content (AvgIpc) is 2.44. The van der Waals surface area contributed by atoms with Crippen molar-refractivity contribution in [3.05, 3.63) is 29.3 Å². The number of alkyl halides is 1. The van der Waals surface area contributed by atoms with E-state index in [1.165, 1.54) is 12.8 Å². The molecule has 1 saturated carbocycles. The molecule has 1 aliphatic rings. The Balaban J connectivity index is 1.87. The molecule has 1 aliphatic carbocycles. The lowest BCUT2D eigenvalue weighted by molar-refractivity contribution is -0.134. The van der Waals surface area contributed by atoms with Crippen LogP contribution in [0.25, 0.3) is 0 Å². The van der Waals surface area contributed by atoms with Crippen molar-refractivity contribution in [1.29, 1.82) is 0 Å². The third-order valence-electron chi connectivity index (χ3n) is 3.70. The van der Waals surface area contributed by atoms with Crippen LogP contribution in [0.3, 0.4) is 0 Å². The van der Waals surface area contributed by atoms with E-state index in [0.717, 1.165) is 12.8 Å². The molecule has 0 radical (unpaired) electrons. The van der Waals surface area contributed by atoms with Gasteiger partial charge in [0.2, 0.25) is 0 Å². The number of likely N-dealkylation sites (N-methyl/N-ethyl adjacent to an activating group) is 1. The number of hydrogen-bond donors (Lipinski definition) is 0. The first-order chi connectivity index (χ1) is 9.58. The molecule has 0 saturated heterocycles. The zero-order chi connectivity index (χ0) is 14.5. The molecule has 2 atom stereocenters. The lowest BCUT2D eigenvalue weighted by Gasteiger charge is -2.35. The van der Waals surface area contributed by atoms with Crippen LogP contribution in [0, 0.1) is 0 Å². The highest BCUT2D eigenvalue weighted by Crippen LogP contribution is 2.28. The standard InChI is InChI=1S/C15H19BrClNO2/c1-18(14-8-3-2-7-13(14)16)15(19)10-20-12-6-4-5-11(17)9-12/h4-6,9,13-14H,2-3,7-8,10H2,1H3. The normalized spacial score (nSPS) is 22.4. The molecule has 0 heterocycles. The number of rotatable bonds is 4. The fraction of sp³-hybridized carbons (Fsp3) is 0.533. The number of carbonyl (C=O) groups excluding carboxylic acids is 1. The van der Waals surface area contributed by atoms with E-state index in [9.17, 15) is 4.79 Å². The first kappa shape index (κ1) is 15.6. The van der Waals surface area contributed by atoms with Crippen LogP contribution in [0.5, 0.6) is 5.75 Å². The van der Waals surface area contributed by atoms with Gasteiger partial charge in [-0.25, -0.2) is 0 Å². The molecule has 0 aromatic heterocycles. The van der Waals surface area contributed by atoms with Gasteiger partial charge in [0, 0.05) is 22.9 Å². The van der Waals surface area contributed by atoms with Gasteiger partial charge in [-0.15, -0.1) is 0 Å². The number of nitrogens with zero attached hydrogens (tertiary/aromatic N) is 1. The van der Waals surface area contributed by atoms with Crippen LogP contribution in [0.2, 0.25) is 5.02 Å². The van der Waals surface area contributed by atoms with Gasteiger partial charge in [0.15, 0.2) is 6.61 Å². The molecule has 1 amide bonds. The molecule has 2 unspecified atom stereocenters. The van der Waals surface area contributed by atoms with Crippen molar-refractivity contribution < 1.29 is 9.53 Å². The molecule has 1 aromatic carbocycles. The second-order valence-electron chi connectivity index (χ2n) is 5.12. The first-order valence-electron chi connectivity index (χ1n) is 6.86. The zero-order valence-corrected chi connectivity index (χ0v) is 13.9. The first-order valence-corrected chi connectivity index (χ1v) is 8.15. The maximum atomic E-state index is 12.2. The van der Waals surface area contributed by atoms with Crippen molar-refractivity contribution >= 4 is 33.4 Å². The average molecular weight is 361 g/mol. The fourth-order valence-electron chi connectivity index (χ4n) is 2.49. The van der Waals surface area contributed by atoms with E-state index in [2.05, 4.69) is 15.9 Å².